The number of halogens is 1. The Balaban J connectivity index is 2.29. The molecule has 1 atom stereocenters. The Morgan fingerprint density at radius 1 is 1.30 bits per heavy atom. The number of nitrogens with zero attached hydrogens (tertiary/aromatic N) is 1. The van der Waals surface area contributed by atoms with E-state index in [0.717, 1.165) is 36.0 Å². The molecule has 1 heterocycles. The molecule has 1 aromatic carbocycles. The summed E-state index contributed by atoms with van der Waals surface area (Å²) in [6.07, 6.45) is 4.84. The molecule has 1 aliphatic rings. The molecule has 2 rings (SSSR count). The molecule has 0 saturated heterocycles. The van der Waals surface area contributed by atoms with E-state index in [1.54, 1.807) is 6.20 Å². The molecule has 0 aliphatic carbocycles. The molecular formula is C24H35ClN2O3. The summed E-state index contributed by atoms with van der Waals surface area (Å²) in [6.45, 7) is 13.0. The van der Waals surface area contributed by atoms with Gasteiger partial charge in [-0.25, -0.2) is 4.79 Å². The molecule has 5 nitrogen and oxygen atoms in total. The van der Waals surface area contributed by atoms with Crippen LogP contribution in [0, 0.1) is 11.3 Å². The van der Waals surface area contributed by atoms with E-state index in [-0.39, 0.29) is 24.9 Å². The van der Waals surface area contributed by atoms with Crippen LogP contribution in [-0.2, 0) is 16.8 Å². The molecule has 1 aliphatic heterocycles. The number of carbonyl (C=O) groups excluding carboxylic acids is 1. The Morgan fingerprint density at radius 3 is 2.50 bits per heavy atom. The van der Waals surface area contributed by atoms with Crippen molar-refractivity contribution in [3.05, 3.63) is 46.1 Å². The SMILES string of the molecule is CC(C)C1=CN(CCC(=O)O)C(=O)N[C@]1(C)c1ccc(CCCC(C)(C)C)c(Cl)c1. The Labute approximate surface area is 185 Å². The number of carbonyl (C=O) groups is 2. The molecule has 2 amide bonds. The number of rotatable bonds is 8. The van der Waals surface area contributed by atoms with Crippen LogP contribution in [0.3, 0.4) is 0 Å². The molecule has 0 radical (unpaired) electrons. The topological polar surface area (TPSA) is 69.6 Å². The number of amides is 2. The minimum atomic E-state index is -0.926. The third-order valence-corrected chi connectivity index (χ3v) is 6.03. The van der Waals surface area contributed by atoms with Crippen molar-refractivity contribution >= 4 is 23.6 Å². The van der Waals surface area contributed by atoms with Crippen molar-refractivity contribution < 1.29 is 14.7 Å². The Morgan fingerprint density at radius 2 is 1.97 bits per heavy atom. The summed E-state index contributed by atoms with van der Waals surface area (Å²) < 4.78 is 0. The number of aryl methyl sites for hydroxylation is 1. The van der Waals surface area contributed by atoms with Crippen LogP contribution in [0.4, 0.5) is 4.79 Å². The monoisotopic (exact) mass is 434 g/mol. The van der Waals surface area contributed by atoms with E-state index >= 15 is 0 Å². The average Bonchev–Trinajstić information content (AvgIpc) is 2.60. The normalized spacial score (nSPS) is 19.7. The van der Waals surface area contributed by atoms with E-state index in [4.69, 9.17) is 16.7 Å². The maximum atomic E-state index is 12.7. The fraction of sp³-hybridized carbons (Fsp3) is 0.583. The summed E-state index contributed by atoms with van der Waals surface area (Å²) in [6, 6.07) is 5.76. The minimum Gasteiger partial charge on any atom is -0.481 e. The van der Waals surface area contributed by atoms with Gasteiger partial charge in [-0.2, -0.15) is 0 Å². The zero-order chi connectivity index (χ0) is 22.7. The second-order valence-corrected chi connectivity index (χ2v) is 10.3. The Kier molecular flexibility index (Phi) is 7.62. The van der Waals surface area contributed by atoms with Crippen LogP contribution in [0.15, 0.2) is 30.0 Å². The van der Waals surface area contributed by atoms with Crippen LogP contribution in [0.25, 0.3) is 0 Å². The van der Waals surface area contributed by atoms with Gasteiger partial charge in [0.1, 0.15) is 0 Å². The molecular weight excluding hydrogens is 400 g/mol. The summed E-state index contributed by atoms with van der Waals surface area (Å²) in [7, 11) is 0. The first-order valence-corrected chi connectivity index (χ1v) is 11.0. The lowest BCUT2D eigenvalue weighted by Gasteiger charge is -2.42. The summed E-state index contributed by atoms with van der Waals surface area (Å²) in [4.78, 5) is 25.1. The van der Waals surface area contributed by atoms with Gasteiger partial charge in [0, 0.05) is 17.8 Å². The van der Waals surface area contributed by atoms with E-state index in [1.807, 2.05) is 19.1 Å². The molecule has 0 unspecified atom stereocenters. The highest BCUT2D eigenvalue weighted by molar-refractivity contribution is 6.31. The van der Waals surface area contributed by atoms with E-state index in [2.05, 4.69) is 46.0 Å². The van der Waals surface area contributed by atoms with Crippen LogP contribution in [-0.4, -0.2) is 28.6 Å². The number of carboxylic acids is 1. The molecule has 0 bridgehead atoms. The number of hydrogen-bond acceptors (Lipinski definition) is 2. The first-order chi connectivity index (χ1) is 13.8. The molecule has 0 fully saturated rings. The van der Waals surface area contributed by atoms with Gasteiger partial charge in [0.15, 0.2) is 0 Å². The maximum Gasteiger partial charge on any atom is 0.322 e. The molecule has 1 aromatic rings. The number of carboxylic acid groups (broad SMARTS) is 1. The fourth-order valence-corrected chi connectivity index (χ4v) is 4.21. The minimum absolute atomic E-state index is 0.0961. The van der Waals surface area contributed by atoms with Crippen molar-refractivity contribution in [1.29, 1.82) is 0 Å². The van der Waals surface area contributed by atoms with Crippen molar-refractivity contribution in [2.24, 2.45) is 11.3 Å². The highest BCUT2D eigenvalue weighted by Crippen LogP contribution is 2.38. The third kappa shape index (κ3) is 6.00. The second-order valence-electron chi connectivity index (χ2n) is 9.85. The van der Waals surface area contributed by atoms with Gasteiger partial charge >= 0.3 is 12.0 Å². The molecule has 6 heteroatoms. The van der Waals surface area contributed by atoms with Crippen LogP contribution in [0.5, 0.6) is 0 Å². The molecule has 0 aromatic heterocycles. The first kappa shape index (κ1) is 24.3. The summed E-state index contributed by atoms with van der Waals surface area (Å²) in [5.74, 6) is -0.766. The maximum absolute atomic E-state index is 12.7. The van der Waals surface area contributed by atoms with Gasteiger partial charge in [0.05, 0.1) is 12.0 Å². The first-order valence-electron chi connectivity index (χ1n) is 10.6. The Hall–Kier alpha value is -2.01. The van der Waals surface area contributed by atoms with Gasteiger partial charge in [0.25, 0.3) is 0 Å². The summed E-state index contributed by atoms with van der Waals surface area (Å²) in [5, 5.41) is 12.8. The lowest BCUT2D eigenvalue weighted by atomic mass is 9.78. The van der Waals surface area contributed by atoms with Gasteiger partial charge in [-0.1, -0.05) is 58.4 Å². The van der Waals surface area contributed by atoms with Gasteiger partial charge in [0.2, 0.25) is 0 Å². The number of benzene rings is 1. The van der Waals surface area contributed by atoms with Crippen LogP contribution >= 0.6 is 11.6 Å². The smallest absolute Gasteiger partial charge is 0.322 e. The van der Waals surface area contributed by atoms with Crippen molar-refractivity contribution in [3.8, 4) is 0 Å². The Bertz CT molecular complexity index is 826. The standard InChI is InChI=1S/C24H35ClN2O3/c1-16(2)19-15-27(13-11-21(28)29)22(30)26-24(19,6)18-10-9-17(20(25)14-18)8-7-12-23(3,4)5/h9-10,14-16H,7-8,11-13H2,1-6H3,(H,26,30)(H,28,29)/t24-/m1/s1. The second kappa shape index (κ2) is 9.42. The van der Waals surface area contributed by atoms with Gasteiger partial charge in [-0.15, -0.1) is 0 Å². The largest absolute Gasteiger partial charge is 0.481 e. The van der Waals surface area contributed by atoms with E-state index < -0.39 is 11.5 Å². The van der Waals surface area contributed by atoms with Crippen LogP contribution in [0.1, 0.15) is 71.9 Å². The van der Waals surface area contributed by atoms with Crippen molar-refractivity contribution in [3.63, 3.8) is 0 Å². The van der Waals surface area contributed by atoms with Crippen molar-refractivity contribution in [2.45, 2.75) is 72.8 Å². The van der Waals surface area contributed by atoms with E-state index in [0.29, 0.717) is 10.4 Å². The molecule has 0 saturated carbocycles. The zero-order valence-electron chi connectivity index (χ0n) is 19.0. The number of urea groups is 1. The van der Waals surface area contributed by atoms with Gasteiger partial charge < -0.3 is 15.3 Å². The number of nitrogens with one attached hydrogen (secondary N) is 1. The third-order valence-electron chi connectivity index (χ3n) is 5.68. The average molecular weight is 435 g/mol. The van der Waals surface area contributed by atoms with Crippen LogP contribution in [0.2, 0.25) is 5.02 Å². The van der Waals surface area contributed by atoms with Crippen molar-refractivity contribution in [1.82, 2.24) is 10.2 Å². The fourth-order valence-electron chi connectivity index (χ4n) is 3.93. The quantitative estimate of drug-likeness (QED) is 0.530. The van der Waals surface area contributed by atoms with E-state index in [1.165, 1.54) is 4.90 Å². The number of aliphatic carboxylic acids is 1. The van der Waals surface area contributed by atoms with E-state index in [9.17, 15) is 9.59 Å². The van der Waals surface area contributed by atoms with Gasteiger partial charge in [-0.05, 0) is 60.3 Å². The number of hydrogen-bond donors (Lipinski definition) is 2. The molecule has 0 spiro atoms. The lowest BCUT2D eigenvalue weighted by molar-refractivity contribution is -0.137. The van der Waals surface area contributed by atoms with Crippen molar-refractivity contribution in [2.75, 3.05) is 6.54 Å². The van der Waals surface area contributed by atoms with Crippen LogP contribution < -0.4 is 5.32 Å². The predicted octanol–water partition coefficient (Wildman–Crippen LogP) is 5.96. The molecule has 30 heavy (non-hydrogen) atoms. The highest BCUT2D eigenvalue weighted by Gasteiger charge is 2.39. The molecule has 166 valence electrons. The summed E-state index contributed by atoms with van der Waals surface area (Å²) >= 11 is 6.63. The molecule has 2 N–H and O–H groups in total. The predicted molar refractivity (Wildman–Crippen MR) is 122 cm³/mol. The lowest BCUT2D eigenvalue weighted by Crippen LogP contribution is -2.55. The zero-order valence-corrected chi connectivity index (χ0v) is 19.8. The highest BCUT2D eigenvalue weighted by atomic mass is 35.5. The van der Waals surface area contributed by atoms with Gasteiger partial charge in [-0.3, -0.25) is 4.79 Å². The summed E-state index contributed by atoms with van der Waals surface area (Å²) in [5.41, 5.74) is 2.67.